The largest absolute Gasteiger partial charge is 0.354 e. The molecule has 2 aliphatic heterocycles. The highest BCUT2D eigenvalue weighted by Crippen LogP contribution is 2.28. The molecule has 2 amide bonds. The van der Waals surface area contributed by atoms with E-state index in [1.54, 1.807) is 6.20 Å². The first kappa shape index (κ1) is 19.4. The molecule has 158 valence electrons. The summed E-state index contributed by atoms with van der Waals surface area (Å²) in [6, 6.07) is 12.8. The first-order valence-electron chi connectivity index (χ1n) is 11.4. The van der Waals surface area contributed by atoms with Crippen LogP contribution in [0.15, 0.2) is 42.6 Å². The smallest absolute Gasteiger partial charge is 0.326 e. The van der Waals surface area contributed by atoms with Gasteiger partial charge in [0, 0.05) is 62.4 Å². The minimum atomic E-state index is -0.0645. The van der Waals surface area contributed by atoms with Crippen LogP contribution >= 0.6 is 0 Å². The van der Waals surface area contributed by atoms with E-state index in [4.69, 9.17) is 0 Å². The molecule has 0 radical (unpaired) electrons. The topological polar surface area (TPSA) is 51.7 Å². The Morgan fingerprint density at radius 3 is 2.60 bits per heavy atom. The highest BCUT2D eigenvalue weighted by molar-refractivity contribution is 6.02. The van der Waals surface area contributed by atoms with Crippen LogP contribution in [0.3, 0.4) is 0 Å². The number of carbonyl (C=O) groups excluding carboxylic acids is 1. The predicted octanol–water partition coefficient (Wildman–Crippen LogP) is 4.13. The monoisotopic (exact) mass is 405 g/mol. The first-order chi connectivity index (χ1) is 14.8. The molecular weight excluding hydrogens is 374 g/mol. The van der Waals surface area contributed by atoms with Crippen LogP contribution in [-0.4, -0.2) is 54.7 Å². The van der Waals surface area contributed by atoms with E-state index in [1.165, 1.54) is 31.2 Å². The Morgan fingerprint density at radius 2 is 1.77 bits per heavy atom. The van der Waals surface area contributed by atoms with Crippen LogP contribution in [0.1, 0.15) is 37.7 Å². The molecule has 6 nitrogen and oxygen atoms in total. The van der Waals surface area contributed by atoms with Gasteiger partial charge in [-0.15, -0.1) is 0 Å². The second-order valence-corrected chi connectivity index (χ2v) is 8.68. The summed E-state index contributed by atoms with van der Waals surface area (Å²) in [7, 11) is 0. The van der Waals surface area contributed by atoms with Crippen LogP contribution in [0, 0.1) is 0 Å². The highest BCUT2D eigenvalue weighted by Gasteiger charge is 2.27. The Kier molecular flexibility index (Phi) is 5.58. The minimum absolute atomic E-state index is 0.0645. The van der Waals surface area contributed by atoms with E-state index < -0.39 is 0 Å². The summed E-state index contributed by atoms with van der Waals surface area (Å²) in [6.07, 6.45) is 9.33. The van der Waals surface area contributed by atoms with Crippen molar-refractivity contribution >= 4 is 23.2 Å². The minimum Gasteiger partial charge on any atom is -0.354 e. The molecule has 0 unspecified atom stereocenters. The van der Waals surface area contributed by atoms with Gasteiger partial charge in [-0.2, -0.15) is 0 Å². The Hall–Kier alpha value is -2.60. The van der Waals surface area contributed by atoms with Gasteiger partial charge in [-0.3, -0.25) is 9.80 Å². The van der Waals surface area contributed by atoms with E-state index >= 15 is 0 Å². The number of piperazine rings is 1. The molecule has 3 aliphatic rings. The summed E-state index contributed by atoms with van der Waals surface area (Å²) in [5, 5.41) is 3.10. The van der Waals surface area contributed by atoms with Crippen LogP contribution in [-0.2, 0) is 6.42 Å². The summed E-state index contributed by atoms with van der Waals surface area (Å²) in [5.41, 5.74) is 3.08. The molecule has 1 saturated heterocycles. The number of urea groups is 1. The average Bonchev–Trinajstić information content (AvgIpc) is 3.34. The summed E-state index contributed by atoms with van der Waals surface area (Å²) >= 11 is 0. The fraction of sp³-hybridized carbons (Fsp3) is 0.500. The van der Waals surface area contributed by atoms with Gasteiger partial charge in [0.15, 0.2) is 0 Å². The molecule has 2 fully saturated rings. The van der Waals surface area contributed by atoms with Crippen molar-refractivity contribution in [1.29, 1.82) is 0 Å². The van der Waals surface area contributed by atoms with E-state index in [0.717, 1.165) is 68.8 Å². The first-order valence-corrected chi connectivity index (χ1v) is 11.4. The lowest BCUT2D eigenvalue weighted by molar-refractivity contribution is 0.187. The van der Waals surface area contributed by atoms with Crippen LogP contribution in [0.4, 0.5) is 22.0 Å². The number of aromatic nitrogens is 1. The lowest BCUT2D eigenvalue weighted by atomic mass is 10.0. The molecule has 0 atom stereocenters. The highest BCUT2D eigenvalue weighted by atomic mass is 16.2. The van der Waals surface area contributed by atoms with Crippen molar-refractivity contribution in [1.82, 2.24) is 9.88 Å². The van der Waals surface area contributed by atoms with Crippen LogP contribution in [0.25, 0.3) is 0 Å². The van der Waals surface area contributed by atoms with Gasteiger partial charge in [-0.25, -0.2) is 9.78 Å². The number of benzene rings is 1. The number of para-hydroxylation sites is 1. The maximum atomic E-state index is 13.0. The molecule has 0 bridgehead atoms. The van der Waals surface area contributed by atoms with Crippen LogP contribution in [0.2, 0.25) is 0 Å². The summed E-state index contributed by atoms with van der Waals surface area (Å²) in [5.74, 6) is 0.956. The number of amides is 2. The van der Waals surface area contributed by atoms with Gasteiger partial charge in [0.1, 0.15) is 5.82 Å². The van der Waals surface area contributed by atoms with Gasteiger partial charge in [0.05, 0.1) is 0 Å². The van der Waals surface area contributed by atoms with Crippen molar-refractivity contribution in [3.8, 4) is 0 Å². The second kappa shape index (κ2) is 8.64. The number of nitrogens with one attached hydrogen (secondary N) is 1. The number of fused-ring (bicyclic) bond motifs is 1. The molecule has 2 aromatic rings. The molecular formula is C24H31N5O. The lowest BCUT2D eigenvalue weighted by Gasteiger charge is -2.38. The van der Waals surface area contributed by atoms with E-state index in [2.05, 4.69) is 26.2 Å². The molecule has 1 aliphatic carbocycles. The van der Waals surface area contributed by atoms with Gasteiger partial charge < -0.3 is 10.2 Å². The van der Waals surface area contributed by atoms with E-state index in [9.17, 15) is 4.79 Å². The number of aryl methyl sites for hydroxylation is 1. The van der Waals surface area contributed by atoms with Gasteiger partial charge in [0.2, 0.25) is 0 Å². The third-order valence-electron chi connectivity index (χ3n) is 6.83. The number of carbonyl (C=O) groups is 1. The Balaban J connectivity index is 1.23. The molecule has 1 aromatic heterocycles. The SMILES string of the molecule is O=C(Nc1ccnc(N2CCN(C3CCCC3)CC2)c1)N1CCCc2ccccc21. The third-order valence-corrected chi connectivity index (χ3v) is 6.83. The number of pyridine rings is 1. The van der Waals surface area contributed by atoms with Crippen molar-refractivity contribution < 1.29 is 4.79 Å². The molecule has 1 saturated carbocycles. The second-order valence-electron chi connectivity index (χ2n) is 8.68. The zero-order valence-corrected chi connectivity index (χ0v) is 17.6. The Morgan fingerprint density at radius 1 is 0.967 bits per heavy atom. The molecule has 0 spiro atoms. The average molecular weight is 406 g/mol. The van der Waals surface area contributed by atoms with E-state index in [1.807, 2.05) is 35.2 Å². The molecule has 30 heavy (non-hydrogen) atoms. The zero-order valence-electron chi connectivity index (χ0n) is 17.6. The van der Waals surface area contributed by atoms with Crippen molar-refractivity contribution in [2.75, 3.05) is 47.8 Å². The molecule has 6 heteroatoms. The van der Waals surface area contributed by atoms with Crippen molar-refractivity contribution in [3.63, 3.8) is 0 Å². The van der Waals surface area contributed by atoms with Crippen molar-refractivity contribution in [2.45, 2.75) is 44.6 Å². The lowest BCUT2D eigenvalue weighted by Crippen LogP contribution is -2.50. The van der Waals surface area contributed by atoms with E-state index in [0.29, 0.717) is 0 Å². The fourth-order valence-corrected chi connectivity index (χ4v) is 5.19. The Bertz CT molecular complexity index is 887. The molecule has 1 aromatic carbocycles. The molecule has 5 rings (SSSR count). The number of hydrogen-bond donors (Lipinski definition) is 1. The number of rotatable bonds is 3. The number of anilines is 3. The number of hydrogen-bond acceptors (Lipinski definition) is 4. The maximum absolute atomic E-state index is 13.0. The third kappa shape index (κ3) is 4.01. The predicted molar refractivity (Wildman–Crippen MR) is 121 cm³/mol. The normalized spacial score (nSPS) is 20.3. The maximum Gasteiger partial charge on any atom is 0.326 e. The summed E-state index contributed by atoms with van der Waals surface area (Å²) in [4.78, 5) is 24.4. The molecule has 3 heterocycles. The zero-order chi connectivity index (χ0) is 20.3. The van der Waals surface area contributed by atoms with Crippen molar-refractivity contribution in [3.05, 3.63) is 48.2 Å². The van der Waals surface area contributed by atoms with Gasteiger partial charge in [0.25, 0.3) is 0 Å². The summed E-state index contributed by atoms with van der Waals surface area (Å²) in [6.45, 7) is 4.96. The molecule has 1 N–H and O–H groups in total. The van der Waals surface area contributed by atoms with Gasteiger partial charge >= 0.3 is 6.03 Å². The van der Waals surface area contributed by atoms with E-state index in [-0.39, 0.29) is 6.03 Å². The Labute approximate surface area is 178 Å². The quantitative estimate of drug-likeness (QED) is 0.834. The number of nitrogens with zero attached hydrogens (tertiary/aromatic N) is 4. The fourth-order valence-electron chi connectivity index (χ4n) is 5.19. The van der Waals surface area contributed by atoms with Gasteiger partial charge in [-0.1, -0.05) is 31.0 Å². The van der Waals surface area contributed by atoms with Crippen LogP contribution in [0.5, 0.6) is 0 Å². The summed E-state index contributed by atoms with van der Waals surface area (Å²) < 4.78 is 0. The van der Waals surface area contributed by atoms with Gasteiger partial charge in [-0.05, 0) is 43.4 Å². The van der Waals surface area contributed by atoms with Crippen LogP contribution < -0.4 is 15.1 Å². The standard InChI is InChI=1S/C24H31N5O/c30-24(29-13-5-7-19-6-1-4-10-22(19)29)26-20-11-12-25-23(18-20)28-16-14-27(15-17-28)21-8-2-3-9-21/h1,4,6,10-12,18,21H,2-3,5,7-9,13-17H2,(H,25,26,30). The van der Waals surface area contributed by atoms with Crippen molar-refractivity contribution in [2.24, 2.45) is 0 Å².